The van der Waals surface area contributed by atoms with Gasteiger partial charge in [-0.2, -0.15) is 0 Å². The lowest BCUT2D eigenvalue weighted by Crippen LogP contribution is -1.99. The zero-order chi connectivity index (χ0) is 11.1. The van der Waals surface area contributed by atoms with Crippen LogP contribution in [0.5, 0.6) is 11.5 Å². The average Bonchev–Trinajstić information content (AvgIpc) is 2.29. The molecule has 1 aromatic rings. The van der Waals surface area contributed by atoms with Crippen molar-refractivity contribution in [3.8, 4) is 23.8 Å². The summed E-state index contributed by atoms with van der Waals surface area (Å²) < 4.78 is 10.5. The van der Waals surface area contributed by atoms with Crippen LogP contribution in [-0.2, 0) is 0 Å². The lowest BCUT2D eigenvalue weighted by molar-refractivity contribution is 0.112. The van der Waals surface area contributed by atoms with E-state index in [2.05, 4.69) is 5.92 Å². The highest BCUT2D eigenvalue weighted by Crippen LogP contribution is 2.27. The Balaban J connectivity index is 2.82. The molecule has 15 heavy (non-hydrogen) atoms. The third-order valence-corrected chi connectivity index (χ3v) is 1.83. The van der Waals surface area contributed by atoms with Gasteiger partial charge in [0.1, 0.15) is 6.29 Å². The molecule has 3 heteroatoms. The largest absolute Gasteiger partial charge is 0.493 e. The number of rotatable bonds is 5. The molecule has 0 unspecified atom stereocenters. The van der Waals surface area contributed by atoms with E-state index >= 15 is 0 Å². The van der Waals surface area contributed by atoms with Crippen molar-refractivity contribution in [3.63, 3.8) is 0 Å². The fraction of sp³-hybridized carbons (Fsp3) is 0.250. The van der Waals surface area contributed by atoms with Gasteiger partial charge in [0.25, 0.3) is 0 Å². The van der Waals surface area contributed by atoms with E-state index in [0.29, 0.717) is 30.1 Å². The second kappa shape index (κ2) is 5.71. The minimum Gasteiger partial charge on any atom is -0.493 e. The summed E-state index contributed by atoms with van der Waals surface area (Å²) in [4.78, 5) is 10.6. The highest BCUT2D eigenvalue weighted by Gasteiger charge is 2.04. The summed E-state index contributed by atoms with van der Waals surface area (Å²) in [5.41, 5.74) is 0.548. The molecule has 0 aromatic heterocycles. The van der Waals surface area contributed by atoms with Gasteiger partial charge in [0.05, 0.1) is 13.7 Å². The Hall–Kier alpha value is -1.95. The maximum Gasteiger partial charge on any atom is 0.161 e. The topological polar surface area (TPSA) is 35.5 Å². The molecule has 3 nitrogen and oxygen atoms in total. The van der Waals surface area contributed by atoms with Crippen LogP contribution in [0.3, 0.4) is 0 Å². The fourth-order valence-corrected chi connectivity index (χ4v) is 1.10. The number of hydrogen-bond acceptors (Lipinski definition) is 3. The molecule has 0 aliphatic carbocycles. The van der Waals surface area contributed by atoms with Gasteiger partial charge in [0.2, 0.25) is 0 Å². The Bertz CT molecular complexity index is 377. The van der Waals surface area contributed by atoms with E-state index in [4.69, 9.17) is 15.9 Å². The molecule has 0 aliphatic heterocycles. The van der Waals surface area contributed by atoms with Gasteiger partial charge < -0.3 is 9.47 Å². The normalized spacial score (nSPS) is 9.07. The number of aldehydes is 1. The van der Waals surface area contributed by atoms with Crippen LogP contribution in [0.15, 0.2) is 18.2 Å². The van der Waals surface area contributed by atoms with E-state index in [-0.39, 0.29) is 0 Å². The van der Waals surface area contributed by atoms with E-state index in [9.17, 15) is 4.79 Å². The maximum absolute atomic E-state index is 10.6. The number of terminal acetylenes is 1. The number of carbonyl (C=O) groups is 1. The molecule has 0 fully saturated rings. The van der Waals surface area contributed by atoms with E-state index < -0.39 is 0 Å². The highest BCUT2D eigenvalue weighted by atomic mass is 16.5. The van der Waals surface area contributed by atoms with Gasteiger partial charge in [-0.05, 0) is 18.2 Å². The third-order valence-electron chi connectivity index (χ3n) is 1.83. The molecule has 1 rings (SSSR count). The Morgan fingerprint density at radius 3 is 2.87 bits per heavy atom. The van der Waals surface area contributed by atoms with Gasteiger partial charge in [0, 0.05) is 12.0 Å². The van der Waals surface area contributed by atoms with Gasteiger partial charge in [0.15, 0.2) is 11.5 Å². The molecule has 0 amide bonds. The molecule has 0 aliphatic rings. The van der Waals surface area contributed by atoms with Gasteiger partial charge in [-0.15, -0.1) is 12.3 Å². The average molecular weight is 204 g/mol. The number of benzene rings is 1. The summed E-state index contributed by atoms with van der Waals surface area (Å²) in [5, 5.41) is 0. The quantitative estimate of drug-likeness (QED) is 0.417. The van der Waals surface area contributed by atoms with Crippen molar-refractivity contribution in [1.29, 1.82) is 0 Å². The summed E-state index contributed by atoms with van der Waals surface area (Å²) in [7, 11) is 1.55. The van der Waals surface area contributed by atoms with Gasteiger partial charge >= 0.3 is 0 Å². The maximum atomic E-state index is 10.6. The van der Waals surface area contributed by atoms with E-state index in [1.54, 1.807) is 25.3 Å². The molecule has 0 saturated carbocycles. The van der Waals surface area contributed by atoms with Crippen LogP contribution in [0, 0.1) is 12.3 Å². The van der Waals surface area contributed by atoms with Crippen molar-refractivity contribution in [2.75, 3.05) is 13.7 Å². The standard InChI is InChI=1S/C12H12O3/c1-3-4-7-15-12-8-10(9-13)5-6-11(12)14-2/h1,5-6,8-9H,4,7H2,2H3. The van der Waals surface area contributed by atoms with Crippen LogP contribution in [0.25, 0.3) is 0 Å². The van der Waals surface area contributed by atoms with Crippen LogP contribution in [0.4, 0.5) is 0 Å². The summed E-state index contributed by atoms with van der Waals surface area (Å²) in [6.07, 6.45) is 6.38. The van der Waals surface area contributed by atoms with Crippen molar-refractivity contribution < 1.29 is 14.3 Å². The predicted molar refractivity (Wildman–Crippen MR) is 57.3 cm³/mol. The molecule has 0 atom stereocenters. The Morgan fingerprint density at radius 1 is 1.47 bits per heavy atom. The fourth-order valence-electron chi connectivity index (χ4n) is 1.10. The molecular formula is C12H12O3. The first-order valence-electron chi connectivity index (χ1n) is 4.51. The summed E-state index contributed by atoms with van der Waals surface area (Å²) in [6, 6.07) is 4.98. The third kappa shape index (κ3) is 3.03. The second-order valence-corrected chi connectivity index (χ2v) is 2.83. The van der Waals surface area contributed by atoms with Crippen molar-refractivity contribution in [2.45, 2.75) is 6.42 Å². The SMILES string of the molecule is C#CCCOc1cc(C=O)ccc1OC. The van der Waals surface area contributed by atoms with E-state index in [0.717, 1.165) is 6.29 Å². The van der Waals surface area contributed by atoms with Crippen LogP contribution < -0.4 is 9.47 Å². The van der Waals surface area contributed by atoms with Crippen LogP contribution in [0.1, 0.15) is 16.8 Å². The van der Waals surface area contributed by atoms with E-state index in [1.165, 1.54) is 0 Å². The molecule has 78 valence electrons. The predicted octanol–water partition coefficient (Wildman–Crippen LogP) is 1.91. The second-order valence-electron chi connectivity index (χ2n) is 2.83. The Morgan fingerprint density at radius 2 is 2.27 bits per heavy atom. The van der Waals surface area contributed by atoms with Crippen LogP contribution in [-0.4, -0.2) is 20.0 Å². The molecule has 0 N–H and O–H groups in total. The van der Waals surface area contributed by atoms with Gasteiger partial charge in [-0.1, -0.05) is 0 Å². The van der Waals surface area contributed by atoms with Gasteiger partial charge in [-0.3, -0.25) is 4.79 Å². The van der Waals surface area contributed by atoms with Gasteiger partial charge in [-0.25, -0.2) is 0 Å². The first-order valence-corrected chi connectivity index (χ1v) is 4.51. The molecule has 0 spiro atoms. The number of hydrogen-bond donors (Lipinski definition) is 0. The monoisotopic (exact) mass is 204 g/mol. The number of carbonyl (C=O) groups excluding carboxylic acids is 1. The summed E-state index contributed by atoms with van der Waals surface area (Å²) >= 11 is 0. The minimum absolute atomic E-state index is 0.412. The number of methoxy groups -OCH3 is 1. The zero-order valence-corrected chi connectivity index (χ0v) is 8.53. The minimum atomic E-state index is 0.412. The molecule has 0 saturated heterocycles. The first kappa shape index (κ1) is 11.1. The lowest BCUT2D eigenvalue weighted by atomic mass is 10.2. The highest BCUT2D eigenvalue weighted by molar-refractivity contribution is 5.76. The Kier molecular flexibility index (Phi) is 4.24. The molecular weight excluding hydrogens is 192 g/mol. The zero-order valence-electron chi connectivity index (χ0n) is 8.53. The lowest BCUT2D eigenvalue weighted by Gasteiger charge is -2.09. The smallest absolute Gasteiger partial charge is 0.161 e. The van der Waals surface area contributed by atoms with Crippen molar-refractivity contribution >= 4 is 6.29 Å². The first-order chi connectivity index (χ1) is 7.31. The van der Waals surface area contributed by atoms with Crippen LogP contribution in [0.2, 0.25) is 0 Å². The van der Waals surface area contributed by atoms with Crippen molar-refractivity contribution in [1.82, 2.24) is 0 Å². The molecule has 0 radical (unpaired) electrons. The van der Waals surface area contributed by atoms with Crippen molar-refractivity contribution in [3.05, 3.63) is 23.8 Å². The number of ether oxygens (including phenoxy) is 2. The molecule has 1 aromatic carbocycles. The summed E-state index contributed by atoms with van der Waals surface area (Å²) in [5.74, 6) is 3.60. The molecule has 0 heterocycles. The molecule has 0 bridgehead atoms. The van der Waals surface area contributed by atoms with Crippen molar-refractivity contribution in [2.24, 2.45) is 0 Å². The summed E-state index contributed by atoms with van der Waals surface area (Å²) in [6.45, 7) is 0.412. The Labute approximate surface area is 89.0 Å². The van der Waals surface area contributed by atoms with Crippen LogP contribution >= 0.6 is 0 Å². The van der Waals surface area contributed by atoms with E-state index in [1.807, 2.05) is 0 Å².